The smallest absolute Gasteiger partial charge is 0.242 e. The van der Waals surface area contributed by atoms with Crippen LogP contribution in [0.3, 0.4) is 0 Å². The van der Waals surface area contributed by atoms with Gasteiger partial charge >= 0.3 is 0 Å². The van der Waals surface area contributed by atoms with Crippen LogP contribution >= 0.6 is 0 Å². The summed E-state index contributed by atoms with van der Waals surface area (Å²) in [6, 6.07) is 19.7. The van der Waals surface area contributed by atoms with Crippen LogP contribution in [0.1, 0.15) is 11.1 Å². The van der Waals surface area contributed by atoms with E-state index in [1.165, 1.54) is 12.1 Å². The standard InChI is InChI=1S/C23H22N2O5S/c1-16-7-10-19(11-8-16)31(27,28)25-20(13-17-5-3-2-4-6-17)23(26)24-18-9-12-21-22(14-18)30-15-29-21/h2-12,14,20,25H,13,15H2,1H3,(H,24,26). The Bertz CT molecular complexity index is 1180. The minimum Gasteiger partial charge on any atom is -0.454 e. The van der Waals surface area contributed by atoms with Crippen LogP contribution in [0.2, 0.25) is 0 Å². The number of benzene rings is 3. The predicted octanol–water partition coefficient (Wildman–Crippen LogP) is 3.25. The third kappa shape index (κ3) is 5.04. The molecule has 1 heterocycles. The summed E-state index contributed by atoms with van der Waals surface area (Å²) in [5.41, 5.74) is 2.27. The second-order valence-electron chi connectivity index (χ2n) is 7.23. The predicted molar refractivity (Wildman–Crippen MR) is 117 cm³/mol. The molecule has 0 aromatic heterocycles. The lowest BCUT2D eigenvalue weighted by molar-refractivity contribution is -0.117. The molecule has 3 aromatic carbocycles. The maximum atomic E-state index is 13.1. The Hall–Kier alpha value is -3.36. The van der Waals surface area contributed by atoms with E-state index >= 15 is 0 Å². The van der Waals surface area contributed by atoms with E-state index in [0.29, 0.717) is 17.2 Å². The fraction of sp³-hybridized carbons (Fsp3) is 0.174. The number of sulfonamides is 1. The van der Waals surface area contributed by atoms with Gasteiger partial charge in [0.1, 0.15) is 6.04 Å². The molecule has 4 rings (SSSR count). The first kappa shape index (κ1) is 20.9. The van der Waals surface area contributed by atoms with Crippen LogP contribution in [0.15, 0.2) is 77.7 Å². The molecule has 1 unspecified atom stereocenters. The third-order valence-electron chi connectivity index (χ3n) is 4.87. The molecule has 31 heavy (non-hydrogen) atoms. The molecular weight excluding hydrogens is 416 g/mol. The molecule has 3 aromatic rings. The van der Waals surface area contributed by atoms with Crippen molar-refractivity contribution in [2.45, 2.75) is 24.3 Å². The minimum atomic E-state index is -3.90. The molecule has 0 bridgehead atoms. The van der Waals surface area contributed by atoms with E-state index in [2.05, 4.69) is 10.0 Å². The van der Waals surface area contributed by atoms with Crippen molar-refractivity contribution in [1.29, 1.82) is 0 Å². The van der Waals surface area contributed by atoms with E-state index in [1.807, 2.05) is 37.3 Å². The van der Waals surface area contributed by atoms with E-state index < -0.39 is 22.0 Å². The van der Waals surface area contributed by atoms with E-state index in [1.54, 1.807) is 30.3 Å². The summed E-state index contributed by atoms with van der Waals surface area (Å²) in [5.74, 6) is 0.648. The van der Waals surface area contributed by atoms with Gasteiger partial charge in [0.15, 0.2) is 11.5 Å². The number of carbonyl (C=O) groups is 1. The molecular formula is C23H22N2O5S. The van der Waals surface area contributed by atoms with Crippen LogP contribution in [0.5, 0.6) is 11.5 Å². The SMILES string of the molecule is Cc1ccc(S(=O)(=O)NC(Cc2ccccc2)C(=O)Nc2ccc3c(c2)OCO3)cc1. The average Bonchev–Trinajstić information content (AvgIpc) is 3.22. The first-order valence-corrected chi connectivity index (χ1v) is 11.2. The highest BCUT2D eigenvalue weighted by molar-refractivity contribution is 7.89. The zero-order valence-electron chi connectivity index (χ0n) is 16.9. The molecule has 8 heteroatoms. The van der Waals surface area contributed by atoms with Crippen LogP contribution in [-0.2, 0) is 21.2 Å². The monoisotopic (exact) mass is 438 g/mol. The van der Waals surface area contributed by atoms with Gasteiger partial charge < -0.3 is 14.8 Å². The van der Waals surface area contributed by atoms with Crippen molar-refractivity contribution in [3.05, 3.63) is 83.9 Å². The van der Waals surface area contributed by atoms with Gasteiger partial charge in [-0.05, 0) is 43.2 Å². The first-order valence-electron chi connectivity index (χ1n) is 9.74. The number of aryl methyl sites for hydroxylation is 1. The lowest BCUT2D eigenvalue weighted by Crippen LogP contribution is -2.45. The number of amides is 1. The number of carbonyl (C=O) groups excluding carboxylic acids is 1. The summed E-state index contributed by atoms with van der Waals surface area (Å²) in [6.45, 7) is 2.00. The number of hydrogen-bond donors (Lipinski definition) is 2. The number of nitrogens with one attached hydrogen (secondary N) is 2. The summed E-state index contributed by atoms with van der Waals surface area (Å²) >= 11 is 0. The quantitative estimate of drug-likeness (QED) is 0.591. The Labute approximate surface area is 181 Å². The topological polar surface area (TPSA) is 93.7 Å². The number of rotatable bonds is 7. The van der Waals surface area contributed by atoms with E-state index in [4.69, 9.17) is 9.47 Å². The number of anilines is 1. The van der Waals surface area contributed by atoms with Crippen molar-refractivity contribution >= 4 is 21.6 Å². The molecule has 1 aliphatic rings. The zero-order chi connectivity index (χ0) is 21.8. The van der Waals surface area contributed by atoms with Crippen LogP contribution in [-0.4, -0.2) is 27.2 Å². The summed E-state index contributed by atoms with van der Waals surface area (Å²) in [7, 11) is -3.90. The van der Waals surface area contributed by atoms with Gasteiger partial charge in [0.05, 0.1) is 4.90 Å². The van der Waals surface area contributed by atoms with Crippen LogP contribution in [0.4, 0.5) is 5.69 Å². The van der Waals surface area contributed by atoms with Gasteiger partial charge in [0, 0.05) is 11.8 Å². The highest BCUT2D eigenvalue weighted by Crippen LogP contribution is 2.34. The second kappa shape index (κ2) is 8.79. The molecule has 0 fully saturated rings. The van der Waals surface area contributed by atoms with Crippen molar-refractivity contribution in [2.75, 3.05) is 12.1 Å². The van der Waals surface area contributed by atoms with Gasteiger partial charge in [-0.1, -0.05) is 48.0 Å². The lowest BCUT2D eigenvalue weighted by Gasteiger charge is -2.19. The molecule has 1 aliphatic heterocycles. The largest absolute Gasteiger partial charge is 0.454 e. The highest BCUT2D eigenvalue weighted by atomic mass is 32.2. The molecule has 0 saturated carbocycles. The molecule has 160 valence electrons. The Kier molecular flexibility index (Phi) is 5.92. The van der Waals surface area contributed by atoms with Gasteiger partial charge in [-0.15, -0.1) is 0 Å². The molecule has 0 saturated heterocycles. The van der Waals surface area contributed by atoms with Crippen LogP contribution < -0.4 is 19.5 Å². The third-order valence-corrected chi connectivity index (χ3v) is 6.36. The van der Waals surface area contributed by atoms with Gasteiger partial charge in [0.2, 0.25) is 22.7 Å². The van der Waals surface area contributed by atoms with E-state index in [0.717, 1.165) is 11.1 Å². The summed E-state index contributed by atoms with van der Waals surface area (Å²) in [6.07, 6.45) is 0.197. The fourth-order valence-electron chi connectivity index (χ4n) is 3.21. The highest BCUT2D eigenvalue weighted by Gasteiger charge is 2.26. The number of fused-ring (bicyclic) bond motifs is 1. The Morgan fingerprint density at radius 1 is 0.968 bits per heavy atom. The van der Waals surface area contributed by atoms with Crippen molar-refractivity contribution in [1.82, 2.24) is 4.72 Å². The summed E-state index contributed by atoms with van der Waals surface area (Å²) in [4.78, 5) is 13.2. The van der Waals surface area contributed by atoms with Gasteiger partial charge in [-0.25, -0.2) is 8.42 Å². The lowest BCUT2D eigenvalue weighted by atomic mass is 10.1. The Balaban J connectivity index is 1.57. The van der Waals surface area contributed by atoms with E-state index in [-0.39, 0.29) is 18.1 Å². The molecule has 0 spiro atoms. The first-order chi connectivity index (χ1) is 14.9. The molecule has 2 N–H and O–H groups in total. The van der Waals surface area contributed by atoms with E-state index in [9.17, 15) is 13.2 Å². The van der Waals surface area contributed by atoms with Gasteiger partial charge in [0.25, 0.3) is 0 Å². The second-order valence-corrected chi connectivity index (χ2v) is 8.95. The van der Waals surface area contributed by atoms with Crippen LogP contribution in [0.25, 0.3) is 0 Å². The van der Waals surface area contributed by atoms with Crippen molar-refractivity contribution < 1.29 is 22.7 Å². The Morgan fingerprint density at radius 3 is 2.42 bits per heavy atom. The average molecular weight is 439 g/mol. The van der Waals surface area contributed by atoms with Crippen LogP contribution in [0, 0.1) is 6.92 Å². The summed E-state index contributed by atoms with van der Waals surface area (Å²) in [5, 5.41) is 2.77. The van der Waals surface area contributed by atoms with Crippen molar-refractivity contribution in [3.8, 4) is 11.5 Å². The maximum absolute atomic E-state index is 13.1. The fourth-order valence-corrected chi connectivity index (χ4v) is 4.41. The molecule has 0 radical (unpaired) electrons. The molecule has 0 aliphatic carbocycles. The summed E-state index contributed by atoms with van der Waals surface area (Å²) < 4.78 is 39.0. The molecule has 7 nitrogen and oxygen atoms in total. The number of hydrogen-bond acceptors (Lipinski definition) is 5. The molecule has 1 amide bonds. The maximum Gasteiger partial charge on any atom is 0.242 e. The van der Waals surface area contributed by atoms with Gasteiger partial charge in [-0.3, -0.25) is 4.79 Å². The molecule has 1 atom stereocenters. The normalized spacial score (nSPS) is 13.6. The Morgan fingerprint density at radius 2 is 1.68 bits per heavy atom. The van der Waals surface area contributed by atoms with Crippen molar-refractivity contribution in [2.24, 2.45) is 0 Å². The number of ether oxygens (including phenoxy) is 2. The zero-order valence-corrected chi connectivity index (χ0v) is 17.7. The van der Waals surface area contributed by atoms with Crippen molar-refractivity contribution in [3.63, 3.8) is 0 Å². The van der Waals surface area contributed by atoms with Gasteiger partial charge in [-0.2, -0.15) is 4.72 Å². The minimum absolute atomic E-state index is 0.104.